The summed E-state index contributed by atoms with van der Waals surface area (Å²) < 4.78 is 10.8. The molecule has 1 aromatic heterocycles. The van der Waals surface area contributed by atoms with Gasteiger partial charge < -0.3 is 14.8 Å². The van der Waals surface area contributed by atoms with Crippen LogP contribution in [0.4, 0.5) is 0 Å². The molecule has 25 heavy (non-hydrogen) atoms. The lowest BCUT2D eigenvalue weighted by Gasteiger charge is -2.24. The lowest BCUT2D eigenvalue weighted by molar-refractivity contribution is -0.158. The molecule has 0 saturated heterocycles. The van der Waals surface area contributed by atoms with E-state index in [1.807, 2.05) is 36.4 Å². The van der Waals surface area contributed by atoms with Crippen molar-refractivity contribution in [3.8, 4) is 5.75 Å². The zero-order chi connectivity index (χ0) is 18.1. The number of nitrogens with one attached hydrogen (secondary N) is 1. The molecule has 2 rings (SSSR count). The summed E-state index contributed by atoms with van der Waals surface area (Å²) in [7, 11) is 0. The first-order valence-corrected chi connectivity index (χ1v) is 8.56. The number of esters is 1. The van der Waals surface area contributed by atoms with Crippen LogP contribution in [0.25, 0.3) is 0 Å². The van der Waals surface area contributed by atoms with Gasteiger partial charge in [0.15, 0.2) is 5.60 Å². The second-order valence-electron chi connectivity index (χ2n) is 6.26. The van der Waals surface area contributed by atoms with E-state index in [0.717, 1.165) is 19.5 Å². The Hall–Kier alpha value is -2.40. The maximum atomic E-state index is 11.9. The predicted molar refractivity (Wildman–Crippen MR) is 97.4 cm³/mol. The van der Waals surface area contributed by atoms with Crippen molar-refractivity contribution in [2.75, 3.05) is 13.2 Å². The van der Waals surface area contributed by atoms with E-state index in [1.165, 1.54) is 11.1 Å². The van der Waals surface area contributed by atoms with Gasteiger partial charge in [-0.1, -0.05) is 12.1 Å². The molecule has 0 saturated carbocycles. The van der Waals surface area contributed by atoms with Gasteiger partial charge in [-0.25, -0.2) is 4.79 Å². The Labute approximate surface area is 149 Å². The van der Waals surface area contributed by atoms with Gasteiger partial charge in [-0.15, -0.1) is 0 Å². The van der Waals surface area contributed by atoms with Gasteiger partial charge in [-0.2, -0.15) is 0 Å². The highest BCUT2D eigenvalue weighted by Gasteiger charge is 2.31. The molecule has 5 nitrogen and oxygen atoms in total. The Bertz CT molecular complexity index is 654. The van der Waals surface area contributed by atoms with Crippen molar-refractivity contribution in [3.05, 3.63) is 59.9 Å². The molecule has 0 aliphatic rings. The molecular formula is C20H26N2O3. The highest BCUT2D eigenvalue weighted by Crippen LogP contribution is 2.20. The standard InChI is InChI=1S/C20H26N2O3/c1-4-24-19(23)20(2,3)25-18-7-5-16(6-8-18)9-14-22-15-17-10-12-21-13-11-17/h5-8,10-13,22H,4,9,14-15H2,1-3H3. The van der Waals surface area contributed by atoms with Crippen LogP contribution < -0.4 is 10.1 Å². The Kier molecular flexibility index (Phi) is 6.95. The van der Waals surface area contributed by atoms with Crippen molar-refractivity contribution in [1.82, 2.24) is 10.3 Å². The van der Waals surface area contributed by atoms with Crippen LogP contribution in [0.5, 0.6) is 5.75 Å². The van der Waals surface area contributed by atoms with Gasteiger partial charge in [0.1, 0.15) is 5.75 Å². The summed E-state index contributed by atoms with van der Waals surface area (Å²) in [5, 5.41) is 3.41. The highest BCUT2D eigenvalue weighted by atomic mass is 16.6. The lowest BCUT2D eigenvalue weighted by atomic mass is 10.1. The summed E-state index contributed by atoms with van der Waals surface area (Å²) in [6.45, 7) is 7.26. The van der Waals surface area contributed by atoms with Gasteiger partial charge in [0, 0.05) is 18.9 Å². The van der Waals surface area contributed by atoms with E-state index in [-0.39, 0.29) is 5.97 Å². The van der Waals surface area contributed by atoms with Crippen LogP contribution in [0.3, 0.4) is 0 Å². The molecule has 1 heterocycles. The van der Waals surface area contributed by atoms with Crippen molar-refractivity contribution in [3.63, 3.8) is 0 Å². The fraction of sp³-hybridized carbons (Fsp3) is 0.400. The van der Waals surface area contributed by atoms with Crippen LogP contribution in [-0.2, 0) is 22.5 Å². The van der Waals surface area contributed by atoms with E-state index in [2.05, 4.69) is 10.3 Å². The first-order chi connectivity index (χ1) is 12.0. The molecule has 5 heteroatoms. The largest absolute Gasteiger partial charge is 0.476 e. The molecule has 0 radical (unpaired) electrons. The van der Waals surface area contributed by atoms with Crippen molar-refractivity contribution < 1.29 is 14.3 Å². The zero-order valence-electron chi connectivity index (χ0n) is 15.1. The van der Waals surface area contributed by atoms with Crippen LogP contribution >= 0.6 is 0 Å². The average molecular weight is 342 g/mol. The first kappa shape index (κ1) is 18.9. The number of pyridine rings is 1. The number of nitrogens with zero attached hydrogens (tertiary/aromatic N) is 1. The molecule has 0 spiro atoms. The molecule has 0 amide bonds. The number of benzene rings is 1. The minimum Gasteiger partial charge on any atom is -0.476 e. The topological polar surface area (TPSA) is 60.5 Å². The Morgan fingerprint density at radius 3 is 2.40 bits per heavy atom. The zero-order valence-corrected chi connectivity index (χ0v) is 15.1. The van der Waals surface area contributed by atoms with Crippen molar-refractivity contribution in [1.29, 1.82) is 0 Å². The molecule has 1 N–H and O–H groups in total. The molecular weight excluding hydrogens is 316 g/mol. The Morgan fingerprint density at radius 1 is 1.08 bits per heavy atom. The van der Waals surface area contributed by atoms with E-state index >= 15 is 0 Å². The number of rotatable bonds is 9. The van der Waals surface area contributed by atoms with Crippen LogP contribution in [0.2, 0.25) is 0 Å². The SMILES string of the molecule is CCOC(=O)C(C)(C)Oc1ccc(CCNCc2ccncc2)cc1. The fourth-order valence-corrected chi connectivity index (χ4v) is 2.33. The summed E-state index contributed by atoms with van der Waals surface area (Å²) in [5.74, 6) is 0.297. The predicted octanol–water partition coefficient (Wildman–Crippen LogP) is 3.13. The van der Waals surface area contributed by atoms with Crippen LogP contribution in [0.15, 0.2) is 48.8 Å². The van der Waals surface area contributed by atoms with E-state index in [9.17, 15) is 4.79 Å². The van der Waals surface area contributed by atoms with Gasteiger partial charge in [-0.3, -0.25) is 4.98 Å². The third kappa shape index (κ3) is 6.19. The summed E-state index contributed by atoms with van der Waals surface area (Å²) in [5.41, 5.74) is 1.44. The van der Waals surface area contributed by atoms with E-state index in [0.29, 0.717) is 12.4 Å². The van der Waals surface area contributed by atoms with Gasteiger partial charge in [0.2, 0.25) is 0 Å². The average Bonchev–Trinajstić information content (AvgIpc) is 2.61. The summed E-state index contributed by atoms with van der Waals surface area (Å²) >= 11 is 0. The van der Waals surface area contributed by atoms with Crippen molar-refractivity contribution in [2.24, 2.45) is 0 Å². The van der Waals surface area contributed by atoms with Gasteiger partial charge in [0.05, 0.1) is 6.61 Å². The summed E-state index contributed by atoms with van der Waals surface area (Å²) in [6.07, 6.45) is 4.52. The lowest BCUT2D eigenvalue weighted by Crippen LogP contribution is -2.39. The molecule has 0 aliphatic carbocycles. The summed E-state index contributed by atoms with van der Waals surface area (Å²) in [6, 6.07) is 11.8. The van der Waals surface area contributed by atoms with E-state index in [4.69, 9.17) is 9.47 Å². The minimum absolute atomic E-state index is 0.344. The van der Waals surface area contributed by atoms with E-state index < -0.39 is 5.60 Å². The van der Waals surface area contributed by atoms with Gasteiger partial charge in [-0.05, 0) is 69.1 Å². The van der Waals surface area contributed by atoms with Crippen LogP contribution in [-0.4, -0.2) is 29.7 Å². The third-order valence-electron chi connectivity index (χ3n) is 3.73. The van der Waals surface area contributed by atoms with Gasteiger partial charge in [0.25, 0.3) is 0 Å². The molecule has 0 fully saturated rings. The number of carbonyl (C=O) groups excluding carboxylic acids is 1. The molecule has 0 aliphatic heterocycles. The quantitative estimate of drug-likeness (QED) is 0.560. The summed E-state index contributed by atoms with van der Waals surface area (Å²) in [4.78, 5) is 15.9. The number of ether oxygens (including phenoxy) is 2. The maximum absolute atomic E-state index is 11.9. The molecule has 2 aromatic rings. The Balaban J connectivity index is 1.78. The van der Waals surface area contributed by atoms with E-state index in [1.54, 1.807) is 33.2 Å². The first-order valence-electron chi connectivity index (χ1n) is 8.56. The number of aromatic nitrogens is 1. The number of carbonyl (C=O) groups is 1. The smallest absolute Gasteiger partial charge is 0.349 e. The monoisotopic (exact) mass is 342 g/mol. The number of hydrogen-bond donors (Lipinski definition) is 1. The molecule has 0 unspecified atom stereocenters. The van der Waals surface area contributed by atoms with Crippen LogP contribution in [0.1, 0.15) is 31.9 Å². The minimum atomic E-state index is -0.996. The van der Waals surface area contributed by atoms with Gasteiger partial charge >= 0.3 is 5.97 Å². The molecule has 0 atom stereocenters. The second kappa shape index (κ2) is 9.18. The fourth-order valence-electron chi connectivity index (χ4n) is 2.33. The maximum Gasteiger partial charge on any atom is 0.349 e. The highest BCUT2D eigenvalue weighted by molar-refractivity contribution is 5.79. The second-order valence-corrected chi connectivity index (χ2v) is 6.26. The molecule has 134 valence electrons. The van der Waals surface area contributed by atoms with Crippen molar-refractivity contribution >= 4 is 5.97 Å². The molecule has 1 aromatic carbocycles. The third-order valence-corrected chi connectivity index (χ3v) is 3.73. The Morgan fingerprint density at radius 2 is 1.76 bits per heavy atom. The number of hydrogen-bond acceptors (Lipinski definition) is 5. The molecule has 0 bridgehead atoms. The van der Waals surface area contributed by atoms with Crippen molar-refractivity contribution in [2.45, 2.75) is 39.3 Å². The normalized spacial score (nSPS) is 11.2. The van der Waals surface area contributed by atoms with Crippen LogP contribution in [0, 0.1) is 0 Å².